The summed E-state index contributed by atoms with van der Waals surface area (Å²) in [5, 5.41) is 12.8. The zero-order valence-electron chi connectivity index (χ0n) is 13.3. The first-order valence-corrected chi connectivity index (χ1v) is 7.60. The number of carbonyl (C=O) groups excluding carboxylic acids is 1. The van der Waals surface area contributed by atoms with Gasteiger partial charge < -0.3 is 19.7 Å². The van der Waals surface area contributed by atoms with E-state index < -0.39 is 17.8 Å². The lowest BCUT2D eigenvalue weighted by atomic mass is 9.88. The van der Waals surface area contributed by atoms with E-state index in [4.69, 9.17) is 4.74 Å². The van der Waals surface area contributed by atoms with Crippen molar-refractivity contribution in [2.24, 2.45) is 0 Å². The second-order valence-electron chi connectivity index (χ2n) is 6.77. The smallest absolute Gasteiger partial charge is 0.407 e. The van der Waals surface area contributed by atoms with E-state index in [-0.39, 0.29) is 17.5 Å². The molecular formula is C16H24N2O4. The molecule has 1 aliphatic carbocycles. The van der Waals surface area contributed by atoms with Gasteiger partial charge >= 0.3 is 6.09 Å². The lowest BCUT2D eigenvalue weighted by Gasteiger charge is -2.36. The lowest BCUT2D eigenvalue weighted by molar-refractivity contribution is 0.0397. The number of hydrogen-bond donors (Lipinski definition) is 2. The molecule has 0 aromatic carbocycles. The minimum Gasteiger partial charge on any atom is -0.444 e. The minimum atomic E-state index is -0.550. The average molecular weight is 308 g/mol. The van der Waals surface area contributed by atoms with Crippen molar-refractivity contribution in [3.05, 3.63) is 34.7 Å². The van der Waals surface area contributed by atoms with Gasteiger partial charge in [0.15, 0.2) is 5.43 Å². The number of nitrogens with one attached hydrogen (secondary N) is 1. The fourth-order valence-corrected chi connectivity index (χ4v) is 2.73. The number of alkyl carbamates (subject to hydrolysis) is 1. The Morgan fingerprint density at radius 3 is 2.55 bits per heavy atom. The first-order chi connectivity index (χ1) is 10.2. The number of ether oxygens (including phenoxy) is 1. The van der Waals surface area contributed by atoms with Crippen LogP contribution in [0.25, 0.3) is 0 Å². The fourth-order valence-electron chi connectivity index (χ4n) is 2.73. The van der Waals surface area contributed by atoms with Gasteiger partial charge in [-0.2, -0.15) is 0 Å². The van der Waals surface area contributed by atoms with Crippen LogP contribution in [0.2, 0.25) is 0 Å². The van der Waals surface area contributed by atoms with Crippen molar-refractivity contribution in [1.82, 2.24) is 9.88 Å². The van der Waals surface area contributed by atoms with Gasteiger partial charge in [0.05, 0.1) is 18.2 Å². The molecule has 6 nitrogen and oxygen atoms in total. The van der Waals surface area contributed by atoms with Crippen LogP contribution in [-0.4, -0.2) is 33.5 Å². The van der Waals surface area contributed by atoms with E-state index in [0.29, 0.717) is 19.3 Å². The van der Waals surface area contributed by atoms with Gasteiger partial charge in [-0.1, -0.05) is 0 Å². The summed E-state index contributed by atoms with van der Waals surface area (Å²) in [6.07, 6.45) is 4.35. The number of carbonyl (C=O) groups is 1. The van der Waals surface area contributed by atoms with Gasteiger partial charge in [0.25, 0.3) is 0 Å². The van der Waals surface area contributed by atoms with Crippen molar-refractivity contribution in [2.75, 3.05) is 0 Å². The molecule has 0 spiro atoms. The second-order valence-corrected chi connectivity index (χ2v) is 6.77. The molecule has 1 heterocycles. The Morgan fingerprint density at radius 1 is 1.32 bits per heavy atom. The zero-order valence-corrected chi connectivity index (χ0v) is 13.3. The highest BCUT2D eigenvalue weighted by molar-refractivity contribution is 5.68. The predicted molar refractivity (Wildman–Crippen MR) is 82.8 cm³/mol. The summed E-state index contributed by atoms with van der Waals surface area (Å²) in [5.74, 6) is 0. The Balaban J connectivity index is 2.11. The van der Waals surface area contributed by atoms with Gasteiger partial charge in [-0.15, -0.1) is 0 Å². The highest BCUT2D eigenvalue weighted by Crippen LogP contribution is 2.29. The zero-order chi connectivity index (χ0) is 16.3. The van der Waals surface area contributed by atoms with Gasteiger partial charge in [0, 0.05) is 24.5 Å². The highest BCUT2D eigenvalue weighted by atomic mass is 16.6. The number of rotatable bonds is 2. The molecule has 0 bridgehead atoms. The molecule has 3 atom stereocenters. The second kappa shape index (κ2) is 6.52. The molecule has 122 valence electrons. The Labute approximate surface area is 130 Å². The number of aliphatic hydroxyl groups is 1. The largest absolute Gasteiger partial charge is 0.444 e. The molecular weight excluding hydrogens is 284 g/mol. The summed E-state index contributed by atoms with van der Waals surface area (Å²) in [4.78, 5) is 23.2. The van der Waals surface area contributed by atoms with Crippen molar-refractivity contribution in [3.8, 4) is 0 Å². The number of aliphatic hydroxyl groups excluding tert-OH is 1. The van der Waals surface area contributed by atoms with Crippen LogP contribution in [0.3, 0.4) is 0 Å². The third kappa shape index (κ3) is 4.59. The topological polar surface area (TPSA) is 80.6 Å². The summed E-state index contributed by atoms with van der Waals surface area (Å²) >= 11 is 0. The molecule has 1 aromatic rings. The van der Waals surface area contributed by atoms with Crippen LogP contribution in [0.5, 0.6) is 0 Å². The molecule has 1 fully saturated rings. The van der Waals surface area contributed by atoms with Crippen molar-refractivity contribution in [1.29, 1.82) is 0 Å². The summed E-state index contributed by atoms with van der Waals surface area (Å²) in [5.41, 5.74) is -0.616. The number of aromatic nitrogens is 1. The Hall–Kier alpha value is -1.82. The molecule has 1 aliphatic rings. The Morgan fingerprint density at radius 2 is 1.95 bits per heavy atom. The van der Waals surface area contributed by atoms with Crippen LogP contribution >= 0.6 is 0 Å². The van der Waals surface area contributed by atoms with Gasteiger partial charge in [-0.05, 0) is 40.0 Å². The number of nitrogens with zero attached hydrogens (tertiary/aromatic N) is 1. The van der Waals surface area contributed by atoms with Gasteiger partial charge in [0.1, 0.15) is 5.60 Å². The van der Waals surface area contributed by atoms with E-state index in [9.17, 15) is 14.7 Å². The van der Waals surface area contributed by atoms with Crippen LogP contribution < -0.4 is 10.7 Å². The maximum absolute atomic E-state index is 12.0. The standard InChI is InChI=1S/C16H24N2O4/c1-16(2,3)22-15(21)17-13-5-4-12(20)10-14(13)18-8-6-11(19)7-9-18/h6-9,12-14,20H,4-5,10H2,1-3H3,(H,17,21). The van der Waals surface area contributed by atoms with E-state index in [0.717, 1.165) is 0 Å². The summed E-state index contributed by atoms with van der Waals surface area (Å²) in [6, 6.07) is 2.72. The first-order valence-electron chi connectivity index (χ1n) is 7.60. The third-order valence-electron chi connectivity index (χ3n) is 3.70. The van der Waals surface area contributed by atoms with Gasteiger partial charge in [-0.3, -0.25) is 4.79 Å². The highest BCUT2D eigenvalue weighted by Gasteiger charge is 2.32. The molecule has 0 saturated heterocycles. The van der Waals surface area contributed by atoms with E-state index in [1.165, 1.54) is 12.1 Å². The van der Waals surface area contributed by atoms with Crippen molar-refractivity contribution in [3.63, 3.8) is 0 Å². The molecule has 22 heavy (non-hydrogen) atoms. The number of amides is 1. The van der Waals surface area contributed by atoms with E-state index >= 15 is 0 Å². The Kier molecular flexibility index (Phi) is 4.90. The number of pyridine rings is 1. The van der Waals surface area contributed by atoms with Crippen LogP contribution in [0.1, 0.15) is 46.1 Å². The quantitative estimate of drug-likeness (QED) is 0.873. The van der Waals surface area contributed by atoms with Crippen molar-refractivity contribution in [2.45, 2.75) is 63.8 Å². The van der Waals surface area contributed by atoms with Crippen LogP contribution in [0.15, 0.2) is 29.3 Å². The molecule has 2 rings (SSSR count). The van der Waals surface area contributed by atoms with Gasteiger partial charge in [-0.25, -0.2) is 4.79 Å². The lowest BCUT2D eigenvalue weighted by Crippen LogP contribution is -2.47. The van der Waals surface area contributed by atoms with E-state index in [1.54, 1.807) is 12.4 Å². The minimum absolute atomic E-state index is 0.0655. The van der Waals surface area contributed by atoms with E-state index in [1.807, 2.05) is 25.3 Å². The van der Waals surface area contributed by atoms with Crippen molar-refractivity contribution >= 4 is 6.09 Å². The SMILES string of the molecule is CC(C)(C)OC(=O)NC1CCC(O)CC1n1ccc(=O)cc1. The first kappa shape index (κ1) is 16.5. The molecule has 0 aliphatic heterocycles. The molecule has 1 aromatic heterocycles. The third-order valence-corrected chi connectivity index (χ3v) is 3.70. The molecule has 6 heteroatoms. The molecule has 1 saturated carbocycles. The van der Waals surface area contributed by atoms with Crippen molar-refractivity contribution < 1.29 is 14.6 Å². The van der Waals surface area contributed by atoms with E-state index in [2.05, 4.69) is 5.32 Å². The fraction of sp³-hybridized carbons (Fsp3) is 0.625. The average Bonchev–Trinajstić information content (AvgIpc) is 2.40. The maximum atomic E-state index is 12.0. The normalized spacial score (nSPS) is 25.5. The predicted octanol–water partition coefficient (Wildman–Crippen LogP) is 1.83. The molecule has 3 unspecified atom stereocenters. The molecule has 1 amide bonds. The molecule has 2 N–H and O–H groups in total. The Bertz CT molecular complexity index is 556. The monoisotopic (exact) mass is 308 g/mol. The summed E-state index contributed by atoms with van der Waals surface area (Å²) < 4.78 is 7.17. The van der Waals surface area contributed by atoms with Gasteiger partial charge in [0.2, 0.25) is 0 Å². The van der Waals surface area contributed by atoms with Crippen LogP contribution in [0, 0.1) is 0 Å². The summed E-state index contributed by atoms with van der Waals surface area (Å²) in [7, 11) is 0. The summed E-state index contributed by atoms with van der Waals surface area (Å²) in [6.45, 7) is 5.45. The van der Waals surface area contributed by atoms with Crippen LogP contribution in [-0.2, 0) is 4.74 Å². The van der Waals surface area contributed by atoms with Crippen LogP contribution in [0.4, 0.5) is 4.79 Å². The number of hydrogen-bond acceptors (Lipinski definition) is 4. The maximum Gasteiger partial charge on any atom is 0.407 e. The molecule has 0 radical (unpaired) electrons.